The van der Waals surface area contributed by atoms with Crippen LogP contribution in [0.5, 0.6) is 0 Å². The number of carbonyl (C=O) groups excluding carboxylic acids is 2. The van der Waals surface area contributed by atoms with Crippen molar-refractivity contribution < 1.29 is 19.2 Å². The lowest BCUT2D eigenvalue weighted by atomic mass is 9.90. The number of hydrogen-bond acceptors (Lipinski definition) is 7. The average Bonchev–Trinajstić information content (AvgIpc) is 3.10. The topological polar surface area (TPSA) is 71.4 Å². The summed E-state index contributed by atoms with van der Waals surface area (Å²) < 4.78 is 5.51. The Kier molecular flexibility index (Phi) is 13.3. The van der Waals surface area contributed by atoms with Gasteiger partial charge in [0.1, 0.15) is 0 Å². The first kappa shape index (κ1) is 35.5. The van der Waals surface area contributed by atoms with E-state index in [4.69, 9.17) is 9.57 Å². The number of anilines is 3. The summed E-state index contributed by atoms with van der Waals surface area (Å²) in [4.78, 5) is 35.3. The van der Waals surface area contributed by atoms with Crippen LogP contribution >= 0.6 is 0 Å². The lowest BCUT2D eigenvalue weighted by Crippen LogP contribution is -2.54. The van der Waals surface area contributed by atoms with Crippen LogP contribution in [-0.4, -0.2) is 54.2 Å². The minimum atomic E-state index is -0.623. The Labute approximate surface area is 280 Å². The second-order valence-electron chi connectivity index (χ2n) is 12.3. The number of ketones is 1. The number of carbonyl (C=O) groups is 2. The molecular weight excluding hydrogens is 586 g/mol. The van der Waals surface area contributed by atoms with Crippen molar-refractivity contribution in [2.75, 3.05) is 31.2 Å². The highest BCUT2D eigenvalue weighted by Gasteiger charge is 2.36. The number of Topliss-reactive ketones (excluding diaryl/α,β-unsaturated/α-hetero) is 1. The number of rotatable bonds is 17. The van der Waals surface area contributed by atoms with Crippen LogP contribution in [0.1, 0.15) is 80.8 Å². The molecule has 7 heteroatoms. The molecule has 47 heavy (non-hydrogen) atoms. The maximum atomic E-state index is 13.7. The molecule has 1 saturated heterocycles. The fourth-order valence-electron chi connectivity index (χ4n) is 5.77. The molecule has 0 saturated carbocycles. The standard InChI is InChI=1S/C40H49N3O4/c1-6-9-10-11-12-14-37(41-47-38(44)13-7-2)32-17-23-35(24-18-32)43(34-21-15-31(8-3)16-22-34)36-25-19-33(20-26-36)39(45)40(4,5)42-27-29-46-30-28-42/h6-7,15-26H,1-2,8-14,27-30H2,3-5H3/b41-37+. The zero-order valence-electron chi connectivity index (χ0n) is 28.2. The number of morpholine rings is 1. The Bertz CT molecular complexity index is 1500. The molecule has 7 nitrogen and oxygen atoms in total. The quantitative estimate of drug-likeness (QED) is 0.0368. The average molecular weight is 636 g/mol. The lowest BCUT2D eigenvalue weighted by molar-refractivity contribution is -0.142. The second-order valence-corrected chi connectivity index (χ2v) is 12.3. The molecule has 0 aliphatic carbocycles. The van der Waals surface area contributed by atoms with Crippen molar-refractivity contribution in [2.45, 2.75) is 71.3 Å². The zero-order chi connectivity index (χ0) is 33.6. The van der Waals surface area contributed by atoms with Crippen LogP contribution in [0.4, 0.5) is 17.1 Å². The highest BCUT2D eigenvalue weighted by Crippen LogP contribution is 2.35. The largest absolute Gasteiger partial charge is 0.379 e. The molecule has 0 N–H and O–H groups in total. The Balaban J connectivity index is 1.63. The van der Waals surface area contributed by atoms with Gasteiger partial charge in [-0.25, -0.2) is 4.79 Å². The molecular formula is C40H49N3O4. The highest BCUT2D eigenvalue weighted by atomic mass is 16.7. The van der Waals surface area contributed by atoms with Gasteiger partial charge in [-0.05, 0) is 106 Å². The fraction of sp³-hybridized carbons (Fsp3) is 0.375. The van der Waals surface area contributed by atoms with Crippen molar-refractivity contribution in [3.05, 3.63) is 115 Å². The van der Waals surface area contributed by atoms with Gasteiger partial charge in [0.05, 0.1) is 30.9 Å². The first-order valence-electron chi connectivity index (χ1n) is 16.7. The molecule has 1 aliphatic heterocycles. The molecule has 0 unspecified atom stereocenters. The molecule has 0 radical (unpaired) electrons. The maximum absolute atomic E-state index is 13.7. The lowest BCUT2D eigenvalue weighted by Gasteiger charge is -2.39. The van der Waals surface area contributed by atoms with E-state index >= 15 is 0 Å². The monoisotopic (exact) mass is 635 g/mol. The normalized spacial score (nSPS) is 14.0. The predicted octanol–water partition coefficient (Wildman–Crippen LogP) is 8.97. The van der Waals surface area contributed by atoms with Gasteiger partial charge in [0.2, 0.25) is 0 Å². The van der Waals surface area contributed by atoms with Crippen molar-refractivity contribution in [1.29, 1.82) is 0 Å². The molecule has 3 aromatic rings. The number of ether oxygens (including phenoxy) is 1. The Morgan fingerprint density at radius 1 is 0.851 bits per heavy atom. The number of oxime groups is 1. The van der Waals surface area contributed by atoms with E-state index in [0.717, 1.165) is 73.5 Å². The molecule has 0 atom stereocenters. The van der Waals surface area contributed by atoms with Crippen molar-refractivity contribution in [3.63, 3.8) is 0 Å². The molecule has 0 bridgehead atoms. The maximum Gasteiger partial charge on any atom is 0.338 e. The number of unbranched alkanes of at least 4 members (excludes halogenated alkanes) is 3. The Hall–Kier alpha value is -4.33. The minimum Gasteiger partial charge on any atom is -0.379 e. The molecule has 0 spiro atoms. The van der Waals surface area contributed by atoms with E-state index in [9.17, 15) is 9.59 Å². The second kappa shape index (κ2) is 17.5. The van der Waals surface area contributed by atoms with Gasteiger partial charge >= 0.3 is 5.97 Å². The third kappa shape index (κ3) is 9.60. The van der Waals surface area contributed by atoms with Crippen molar-refractivity contribution in [3.8, 4) is 0 Å². The molecule has 1 heterocycles. The van der Waals surface area contributed by atoms with E-state index in [0.29, 0.717) is 25.2 Å². The minimum absolute atomic E-state index is 0.0965. The van der Waals surface area contributed by atoms with E-state index in [1.165, 1.54) is 11.6 Å². The first-order chi connectivity index (χ1) is 22.8. The summed E-state index contributed by atoms with van der Waals surface area (Å²) >= 11 is 0. The summed E-state index contributed by atoms with van der Waals surface area (Å²) in [6, 6.07) is 24.6. The number of aryl methyl sites for hydroxylation is 1. The van der Waals surface area contributed by atoms with E-state index in [1.807, 2.05) is 56.3 Å². The third-order valence-electron chi connectivity index (χ3n) is 8.70. The van der Waals surface area contributed by atoms with Gasteiger partial charge in [0, 0.05) is 35.7 Å². The molecule has 1 fully saturated rings. The van der Waals surface area contributed by atoms with Gasteiger partial charge < -0.3 is 14.5 Å². The van der Waals surface area contributed by atoms with Crippen molar-refractivity contribution >= 4 is 34.5 Å². The number of benzene rings is 3. The summed E-state index contributed by atoms with van der Waals surface area (Å²) in [5.41, 5.74) is 5.86. The van der Waals surface area contributed by atoms with Crippen LogP contribution in [0, 0.1) is 0 Å². The van der Waals surface area contributed by atoms with Crippen LogP contribution < -0.4 is 4.90 Å². The van der Waals surface area contributed by atoms with Crippen LogP contribution in [0.15, 0.2) is 103 Å². The molecule has 3 aromatic carbocycles. The number of hydrogen-bond donors (Lipinski definition) is 0. The van der Waals surface area contributed by atoms with Crippen molar-refractivity contribution in [1.82, 2.24) is 4.90 Å². The molecule has 1 aliphatic rings. The predicted molar refractivity (Wildman–Crippen MR) is 192 cm³/mol. The highest BCUT2D eigenvalue weighted by molar-refractivity contribution is 6.03. The van der Waals surface area contributed by atoms with Gasteiger partial charge in [-0.15, -0.1) is 13.2 Å². The molecule has 248 valence electrons. The van der Waals surface area contributed by atoms with Crippen LogP contribution in [-0.2, 0) is 20.8 Å². The van der Waals surface area contributed by atoms with Gasteiger partial charge in [0.15, 0.2) is 5.78 Å². The first-order valence-corrected chi connectivity index (χ1v) is 16.7. The summed E-state index contributed by atoms with van der Waals surface area (Å²) in [6.07, 6.45) is 9.20. The van der Waals surface area contributed by atoms with E-state index < -0.39 is 11.5 Å². The van der Waals surface area contributed by atoms with Crippen molar-refractivity contribution in [2.24, 2.45) is 5.16 Å². The van der Waals surface area contributed by atoms with Crippen LogP contribution in [0.3, 0.4) is 0 Å². The summed E-state index contributed by atoms with van der Waals surface area (Å²) in [6.45, 7) is 16.3. The van der Waals surface area contributed by atoms with Gasteiger partial charge in [0.25, 0.3) is 0 Å². The van der Waals surface area contributed by atoms with E-state index in [2.05, 4.69) is 71.4 Å². The summed E-state index contributed by atoms with van der Waals surface area (Å²) in [7, 11) is 0. The van der Waals surface area contributed by atoms with Crippen LogP contribution in [0.25, 0.3) is 0 Å². The number of allylic oxidation sites excluding steroid dienone is 1. The van der Waals surface area contributed by atoms with Gasteiger partial charge in [-0.2, -0.15) is 0 Å². The third-order valence-corrected chi connectivity index (χ3v) is 8.70. The fourth-order valence-corrected chi connectivity index (χ4v) is 5.77. The van der Waals surface area contributed by atoms with Gasteiger partial charge in [-0.1, -0.05) is 54.9 Å². The summed E-state index contributed by atoms with van der Waals surface area (Å²) in [5, 5.41) is 4.26. The Morgan fingerprint density at radius 2 is 1.43 bits per heavy atom. The molecule has 0 aromatic heterocycles. The van der Waals surface area contributed by atoms with E-state index in [-0.39, 0.29) is 12.2 Å². The Morgan fingerprint density at radius 3 is 1.98 bits per heavy atom. The molecule has 0 amide bonds. The molecule has 4 rings (SSSR count). The smallest absolute Gasteiger partial charge is 0.338 e. The summed E-state index contributed by atoms with van der Waals surface area (Å²) in [5.74, 6) is -0.336. The van der Waals surface area contributed by atoms with E-state index in [1.54, 1.807) is 0 Å². The van der Waals surface area contributed by atoms with Gasteiger partial charge in [-0.3, -0.25) is 9.69 Å². The zero-order valence-corrected chi connectivity index (χ0v) is 28.2. The SMILES string of the molecule is C=CCCCCC/C(=N\OC(=O)CC=C)c1ccc(N(c2ccc(CC)cc2)c2ccc(C(=O)C(C)(C)N3CCOCC3)cc2)cc1. The number of nitrogens with zero attached hydrogens (tertiary/aromatic N) is 3. The van der Waals surface area contributed by atoms with Crippen LogP contribution in [0.2, 0.25) is 0 Å².